The molecule has 2 aromatic carbocycles. The van der Waals surface area contributed by atoms with Crippen LogP contribution in [0.4, 0.5) is 17.1 Å². The van der Waals surface area contributed by atoms with Gasteiger partial charge in [0.15, 0.2) is 0 Å². The molecule has 0 radical (unpaired) electrons. The van der Waals surface area contributed by atoms with Crippen molar-refractivity contribution < 1.29 is 14.5 Å². The lowest BCUT2D eigenvalue weighted by atomic mass is 10.1. The molecule has 3 rings (SSSR count). The summed E-state index contributed by atoms with van der Waals surface area (Å²) in [7, 11) is 0. The standard InChI is InChI=1S/C19H18N4O4/c1-13(24)22-14-3-2-4-15(11-14)27-10-9-21-18-5-6-19(23(25)26)17-12-20-8-7-16(17)18/h2-8,11-12,21H,9-10H2,1H3,(H,22,24). The van der Waals surface area contributed by atoms with Gasteiger partial charge in [-0.25, -0.2) is 0 Å². The second kappa shape index (κ2) is 8.13. The minimum Gasteiger partial charge on any atom is -0.492 e. The molecule has 0 saturated heterocycles. The summed E-state index contributed by atoms with van der Waals surface area (Å²) < 4.78 is 5.69. The summed E-state index contributed by atoms with van der Waals surface area (Å²) in [4.78, 5) is 25.8. The van der Waals surface area contributed by atoms with Gasteiger partial charge in [-0.1, -0.05) is 6.07 Å². The highest BCUT2D eigenvalue weighted by Gasteiger charge is 2.14. The van der Waals surface area contributed by atoms with Crippen LogP contribution in [-0.4, -0.2) is 29.0 Å². The first-order valence-corrected chi connectivity index (χ1v) is 8.30. The van der Waals surface area contributed by atoms with Gasteiger partial charge in [0.25, 0.3) is 5.69 Å². The molecule has 0 aliphatic rings. The monoisotopic (exact) mass is 366 g/mol. The molecule has 8 heteroatoms. The third-order valence-corrected chi connectivity index (χ3v) is 3.83. The number of hydrogen-bond acceptors (Lipinski definition) is 6. The highest BCUT2D eigenvalue weighted by molar-refractivity contribution is 5.99. The molecule has 1 amide bonds. The molecule has 0 aliphatic carbocycles. The van der Waals surface area contributed by atoms with Crippen LogP contribution in [0.5, 0.6) is 5.75 Å². The zero-order valence-electron chi connectivity index (χ0n) is 14.6. The number of ether oxygens (including phenoxy) is 1. The van der Waals surface area contributed by atoms with E-state index >= 15 is 0 Å². The number of nitro groups is 1. The van der Waals surface area contributed by atoms with Crippen molar-refractivity contribution in [3.05, 3.63) is 65.0 Å². The number of amides is 1. The summed E-state index contributed by atoms with van der Waals surface area (Å²) in [5, 5.41) is 18.3. The Morgan fingerprint density at radius 1 is 1.22 bits per heavy atom. The minimum absolute atomic E-state index is 0.0229. The molecule has 27 heavy (non-hydrogen) atoms. The topological polar surface area (TPSA) is 106 Å². The van der Waals surface area contributed by atoms with Gasteiger partial charge in [-0.2, -0.15) is 0 Å². The van der Waals surface area contributed by atoms with Crippen LogP contribution in [0.3, 0.4) is 0 Å². The first kappa shape index (κ1) is 18.1. The Hall–Kier alpha value is -3.68. The van der Waals surface area contributed by atoms with E-state index < -0.39 is 4.92 Å². The number of fused-ring (bicyclic) bond motifs is 1. The van der Waals surface area contributed by atoms with Gasteiger partial charge in [0.2, 0.25) is 5.91 Å². The van der Waals surface area contributed by atoms with Crippen LogP contribution < -0.4 is 15.4 Å². The SMILES string of the molecule is CC(=O)Nc1cccc(OCCNc2ccc([N+](=O)[O-])c3cnccc23)c1. The van der Waals surface area contributed by atoms with Gasteiger partial charge in [0, 0.05) is 54.8 Å². The third kappa shape index (κ3) is 4.49. The summed E-state index contributed by atoms with van der Waals surface area (Å²) in [5.74, 6) is 0.495. The number of rotatable bonds is 7. The number of anilines is 2. The molecule has 0 fully saturated rings. The van der Waals surface area contributed by atoms with E-state index in [1.165, 1.54) is 19.2 Å². The number of carbonyl (C=O) groups excluding carboxylic acids is 1. The molecule has 1 aromatic heterocycles. The van der Waals surface area contributed by atoms with Gasteiger partial charge >= 0.3 is 0 Å². The van der Waals surface area contributed by atoms with Crippen molar-refractivity contribution in [1.82, 2.24) is 4.98 Å². The summed E-state index contributed by atoms with van der Waals surface area (Å²) >= 11 is 0. The molecule has 1 heterocycles. The van der Waals surface area contributed by atoms with Crippen LogP contribution in [0, 0.1) is 10.1 Å². The number of nitrogens with one attached hydrogen (secondary N) is 2. The maximum atomic E-state index is 11.1. The fraction of sp³-hybridized carbons (Fsp3) is 0.158. The van der Waals surface area contributed by atoms with E-state index in [2.05, 4.69) is 15.6 Å². The number of hydrogen-bond donors (Lipinski definition) is 2. The largest absolute Gasteiger partial charge is 0.492 e. The van der Waals surface area contributed by atoms with E-state index in [-0.39, 0.29) is 11.6 Å². The lowest BCUT2D eigenvalue weighted by Crippen LogP contribution is -2.12. The van der Waals surface area contributed by atoms with E-state index in [9.17, 15) is 14.9 Å². The first-order valence-electron chi connectivity index (χ1n) is 8.30. The predicted octanol–water partition coefficient (Wildman–Crippen LogP) is 3.59. The van der Waals surface area contributed by atoms with Gasteiger partial charge in [-0.3, -0.25) is 19.9 Å². The number of benzene rings is 2. The highest BCUT2D eigenvalue weighted by Crippen LogP contribution is 2.30. The Labute approximate surface area is 155 Å². The molecule has 0 bridgehead atoms. The number of aromatic nitrogens is 1. The second-order valence-electron chi connectivity index (χ2n) is 5.79. The maximum Gasteiger partial charge on any atom is 0.278 e. The summed E-state index contributed by atoms with van der Waals surface area (Å²) in [6.45, 7) is 2.33. The van der Waals surface area contributed by atoms with Crippen LogP contribution in [0.25, 0.3) is 10.8 Å². The molecular weight excluding hydrogens is 348 g/mol. The fourth-order valence-corrected chi connectivity index (χ4v) is 2.71. The smallest absolute Gasteiger partial charge is 0.278 e. The van der Waals surface area contributed by atoms with Crippen LogP contribution in [0.15, 0.2) is 54.9 Å². The third-order valence-electron chi connectivity index (χ3n) is 3.83. The Morgan fingerprint density at radius 2 is 2.07 bits per heavy atom. The van der Waals surface area contributed by atoms with Crippen molar-refractivity contribution in [3.8, 4) is 5.75 Å². The number of nitrogens with zero attached hydrogens (tertiary/aromatic N) is 2. The van der Waals surface area contributed by atoms with Gasteiger partial charge in [-0.05, 0) is 24.3 Å². The van der Waals surface area contributed by atoms with E-state index in [0.717, 1.165) is 11.1 Å². The lowest BCUT2D eigenvalue weighted by molar-refractivity contribution is -0.383. The number of pyridine rings is 1. The number of carbonyl (C=O) groups is 1. The van der Waals surface area contributed by atoms with E-state index in [4.69, 9.17) is 4.74 Å². The Kier molecular flexibility index (Phi) is 5.46. The molecule has 138 valence electrons. The molecule has 0 saturated carbocycles. The Morgan fingerprint density at radius 3 is 2.85 bits per heavy atom. The molecule has 0 aliphatic heterocycles. The van der Waals surface area contributed by atoms with Gasteiger partial charge in [-0.15, -0.1) is 0 Å². The average Bonchev–Trinajstić information content (AvgIpc) is 2.64. The van der Waals surface area contributed by atoms with E-state index in [1.54, 1.807) is 42.6 Å². The molecule has 2 N–H and O–H groups in total. The molecule has 0 spiro atoms. The van der Waals surface area contributed by atoms with Crippen molar-refractivity contribution in [3.63, 3.8) is 0 Å². The predicted molar refractivity (Wildman–Crippen MR) is 103 cm³/mol. The van der Waals surface area contributed by atoms with Crippen molar-refractivity contribution in [2.45, 2.75) is 6.92 Å². The van der Waals surface area contributed by atoms with Gasteiger partial charge in [0.05, 0.1) is 10.3 Å². The average molecular weight is 366 g/mol. The zero-order valence-corrected chi connectivity index (χ0v) is 14.6. The normalized spacial score (nSPS) is 10.4. The van der Waals surface area contributed by atoms with Crippen molar-refractivity contribution in [1.29, 1.82) is 0 Å². The van der Waals surface area contributed by atoms with Crippen LogP contribution in [-0.2, 0) is 4.79 Å². The molecular formula is C19H18N4O4. The molecule has 0 unspecified atom stereocenters. The quantitative estimate of drug-likeness (QED) is 0.376. The highest BCUT2D eigenvalue weighted by atomic mass is 16.6. The van der Waals surface area contributed by atoms with Crippen molar-refractivity contribution >= 4 is 33.7 Å². The van der Waals surface area contributed by atoms with E-state index in [1.807, 2.05) is 0 Å². The maximum absolute atomic E-state index is 11.1. The Bertz CT molecular complexity index is 990. The van der Waals surface area contributed by atoms with Crippen molar-refractivity contribution in [2.75, 3.05) is 23.8 Å². The Balaban J connectivity index is 1.64. The van der Waals surface area contributed by atoms with E-state index in [0.29, 0.717) is 30.0 Å². The van der Waals surface area contributed by atoms with Crippen LogP contribution in [0.2, 0.25) is 0 Å². The fourth-order valence-electron chi connectivity index (χ4n) is 2.71. The zero-order chi connectivity index (χ0) is 19.2. The number of nitro benzene ring substituents is 1. The van der Waals surface area contributed by atoms with Crippen LogP contribution >= 0.6 is 0 Å². The van der Waals surface area contributed by atoms with Gasteiger partial charge in [0.1, 0.15) is 12.4 Å². The minimum atomic E-state index is -0.418. The number of non-ortho nitro benzene ring substituents is 1. The molecule has 8 nitrogen and oxygen atoms in total. The van der Waals surface area contributed by atoms with Crippen molar-refractivity contribution in [2.24, 2.45) is 0 Å². The first-order chi connectivity index (χ1) is 13.0. The molecule has 0 atom stereocenters. The summed E-state index contributed by atoms with van der Waals surface area (Å²) in [6.07, 6.45) is 3.09. The van der Waals surface area contributed by atoms with Gasteiger partial charge < -0.3 is 15.4 Å². The summed E-state index contributed by atoms with van der Waals surface area (Å²) in [5.41, 5.74) is 1.46. The lowest BCUT2D eigenvalue weighted by Gasteiger charge is -2.12. The second-order valence-corrected chi connectivity index (χ2v) is 5.79. The van der Waals surface area contributed by atoms with Crippen LogP contribution in [0.1, 0.15) is 6.92 Å². The molecule has 3 aromatic rings. The summed E-state index contributed by atoms with van der Waals surface area (Å²) in [6, 6.07) is 12.0.